The molecule has 2 aromatic heterocycles. The number of halogens is 2. The molecule has 0 bridgehead atoms. The van der Waals surface area contributed by atoms with Gasteiger partial charge in [-0.25, -0.2) is 0 Å². The van der Waals surface area contributed by atoms with Crippen LogP contribution in [0.2, 0.25) is 0 Å². The fraction of sp³-hybridized carbons (Fsp3) is 0. The Hall–Kier alpha value is -1.33. The van der Waals surface area contributed by atoms with E-state index in [1.165, 1.54) is 12.2 Å². The highest BCUT2D eigenvalue weighted by molar-refractivity contribution is 9.10. The number of allylic oxidation sites excluding steroid dienone is 2. The second-order valence-electron chi connectivity index (χ2n) is 3.35. The van der Waals surface area contributed by atoms with Crippen LogP contribution >= 0.6 is 31.9 Å². The standard InChI is InChI=1S/C13H8Br2O3/c14-12-7-5-10(17-12)3-1-9(16)2-4-11-6-8-13(15)18-11/h1-8H/b3-1+,4-2+. The van der Waals surface area contributed by atoms with Gasteiger partial charge in [0.15, 0.2) is 15.1 Å². The van der Waals surface area contributed by atoms with Gasteiger partial charge in [0, 0.05) is 0 Å². The molecule has 5 heteroatoms. The van der Waals surface area contributed by atoms with Crippen LogP contribution in [0.3, 0.4) is 0 Å². The average Bonchev–Trinajstić information content (AvgIpc) is 2.93. The lowest BCUT2D eigenvalue weighted by molar-refractivity contribution is -0.110. The van der Waals surface area contributed by atoms with Crippen LogP contribution in [0.4, 0.5) is 0 Å². The first-order valence-corrected chi connectivity index (χ1v) is 6.63. The van der Waals surface area contributed by atoms with Crippen molar-refractivity contribution in [3.05, 3.63) is 57.3 Å². The van der Waals surface area contributed by atoms with Crippen molar-refractivity contribution in [1.29, 1.82) is 0 Å². The van der Waals surface area contributed by atoms with Crippen LogP contribution in [0, 0.1) is 0 Å². The highest BCUT2D eigenvalue weighted by Crippen LogP contribution is 2.16. The van der Waals surface area contributed by atoms with Crippen LogP contribution < -0.4 is 0 Å². The van der Waals surface area contributed by atoms with Crippen molar-refractivity contribution >= 4 is 49.8 Å². The number of carbonyl (C=O) groups excluding carboxylic acids is 1. The van der Waals surface area contributed by atoms with Gasteiger partial charge in [0.2, 0.25) is 0 Å². The minimum Gasteiger partial charge on any atom is -0.450 e. The third-order valence-corrected chi connectivity index (χ3v) is 2.86. The van der Waals surface area contributed by atoms with Gasteiger partial charge in [-0.3, -0.25) is 4.79 Å². The van der Waals surface area contributed by atoms with E-state index in [1.54, 1.807) is 36.4 Å². The molecule has 0 N–H and O–H groups in total. The van der Waals surface area contributed by atoms with Crippen LogP contribution in [0.15, 0.2) is 54.6 Å². The molecule has 0 atom stereocenters. The molecule has 0 aliphatic rings. The topological polar surface area (TPSA) is 43.4 Å². The Morgan fingerprint density at radius 1 is 0.889 bits per heavy atom. The predicted octanol–water partition coefficient (Wildman–Crippen LogP) is 4.69. The summed E-state index contributed by atoms with van der Waals surface area (Å²) in [4.78, 5) is 11.5. The van der Waals surface area contributed by atoms with E-state index >= 15 is 0 Å². The van der Waals surface area contributed by atoms with E-state index in [4.69, 9.17) is 8.83 Å². The summed E-state index contributed by atoms with van der Waals surface area (Å²) in [5.41, 5.74) is 0. The van der Waals surface area contributed by atoms with E-state index in [2.05, 4.69) is 31.9 Å². The maximum absolute atomic E-state index is 11.5. The highest BCUT2D eigenvalue weighted by Gasteiger charge is 1.97. The van der Waals surface area contributed by atoms with Crippen molar-refractivity contribution in [1.82, 2.24) is 0 Å². The zero-order valence-corrected chi connectivity index (χ0v) is 12.3. The van der Waals surface area contributed by atoms with E-state index in [0.29, 0.717) is 20.9 Å². The Balaban J connectivity index is 1.96. The molecule has 0 saturated carbocycles. The summed E-state index contributed by atoms with van der Waals surface area (Å²) < 4.78 is 11.7. The summed E-state index contributed by atoms with van der Waals surface area (Å²) in [5.74, 6) is 1.09. The van der Waals surface area contributed by atoms with Gasteiger partial charge >= 0.3 is 0 Å². The summed E-state index contributed by atoms with van der Waals surface area (Å²) >= 11 is 6.37. The molecule has 92 valence electrons. The lowest BCUT2D eigenvalue weighted by atomic mass is 10.3. The first-order chi connectivity index (χ1) is 8.63. The van der Waals surface area contributed by atoms with E-state index in [0.717, 1.165) is 0 Å². The lowest BCUT2D eigenvalue weighted by Gasteiger charge is -1.85. The average molecular weight is 372 g/mol. The van der Waals surface area contributed by atoms with Gasteiger partial charge < -0.3 is 8.83 Å². The molecule has 0 spiro atoms. The molecule has 0 aliphatic carbocycles. The number of ketones is 1. The third kappa shape index (κ3) is 3.85. The third-order valence-electron chi connectivity index (χ3n) is 2.01. The summed E-state index contributed by atoms with van der Waals surface area (Å²) in [5, 5.41) is 0. The SMILES string of the molecule is O=C(/C=C/c1ccc(Br)o1)/C=C/c1ccc(Br)o1. The Bertz CT molecular complexity index is 553. The van der Waals surface area contributed by atoms with E-state index in [1.807, 2.05) is 0 Å². The van der Waals surface area contributed by atoms with E-state index < -0.39 is 0 Å². The van der Waals surface area contributed by atoms with E-state index in [-0.39, 0.29) is 5.78 Å². The Morgan fingerprint density at radius 2 is 1.33 bits per heavy atom. The lowest BCUT2D eigenvalue weighted by Crippen LogP contribution is -1.83. The zero-order chi connectivity index (χ0) is 13.0. The number of hydrogen-bond acceptors (Lipinski definition) is 3. The quantitative estimate of drug-likeness (QED) is 0.732. The minimum absolute atomic E-state index is 0.143. The second-order valence-corrected chi connectivity index (χ2v) is 4.92. The summed E-state index contributed by atoms with van der Waals surface area (Å²) in [7, 11) is 0. The van der Waals surface area contributed by atoms with Gasteiger partial charge in [-0.15, -0.1) is 0 Å². The Kier molecular flexibility index (Phi) is 4.38. The smallest absolute Gasteiger partial charge is 0.178 e. The molecule has 2 aromatic rings. The van der Waals surface area contributed by atoms with Gasteiger partial charge in [0.1, 0.15) is 11.5 Å². The van der Waals surface area contributed by atoms with Gasteiger partial charge in [-0.05, 0) is 80.4 Å². The van der Waals surface area contributed by atoms with Crippen molar-refractivity contribution in [2.24, 2.45) is 0 Å². The maximum atomic E-state index is 11.5. The van der Waals surface area contributed by atoms with Crippen LogP contribution in [-0.4, -0.2) is 5.78 Å². The Labute approximate surface area is 120 Å². The molecule has 3 nitrogen and oxygen atoms in total. The van der Waals surface area contributed by atoms with Crippen molar-refractivity contribution in [2.45, 2.75) is 0 Å². The van der Waals surface area contributed by atoms with Crippen LogP contribution in [0.1, 0.15) is 11.5 Å². The van der Waals surface area contributed by atoms with Crippen molar-refractivity contribution in [3.8, 4) is 0 Å². The molecule has 18 heavy (non-hydrogen) atoms. The largest absolute Gasteiger partial charge is 0.450 e. The van der Waals surface area contributed by atoms with Crippen LogP contribution in [0.5, 0.6) is 0 Å². The first-order valence-electron chi connectivity index (χ1n) is 5.04. The summed E-state index contributed by atoms with van der Waals surface area (Å²) in [6, 6.07) is 7.06. The minimum atomic E-state index is -0.143. The highest BCUT2D eigenvalue weighted by atomic mass is 79.9. The summed E-state index contributed by atoms with van der Waals surface area (Å²) in [6.45, 7) is 0. The molecular formula is C13H8Br2O3. The molecule has 0 saturated heterocycles. The molecule has 2 heterocycles. The van der Waals surface area contributed by atoms with Gasteiger partial charge in [-0.1, -0.05) is 0 Å². The second kappa shape index (κ2) is 6.02. The zero-order valence-electron chi connectivity index (χ0n) is 9.10. The normalized spacial score (nSPS) is 11.7. The molecule has 0 amide bonds. The monoisotopic (exact) mass is 370 g/mol. The van der Waals surface area contributed by atoms with Crippen molar-refractivity contribution in [2.75, 3.05) is 0 Å². The fourth-order valence-corrected chi connectivity index (χ4v) is 1.86. The molecule has 0 aliphatic heterocycles. The maximum Gasteiger partial charge on any atom is 0.178 e. The van der Waals surface area contributed by atoms with Crippen molar-refractivity contribution in [3.63, 3.8) is 0 Å². The van der Waals surface area contributed by atoms with Crippen LogP contribution in [-0.2, 0) is 4.79 Å². The molecule has 0 aromatic carbocycles. The molecule has 0 unspecified atom stereocenters. The van der Waals surface area contributed by atoms with Gasteiger partial charge in [0.05, 0.1) is 0 Å². The molecule has 2 rings (SSSR count). The Morgan fingerprint density at radius 3 is 1.67 bits per heavy atom. The van der Waals surface area contributed by atoms with Gasteiger partial charge in [0.25, 0.3) is 0 Å². The predicted molar refractivity (Wildman–Crippen MR) is 75.9 cm³/mol. The summed E-state index contributed by atoms with van der Waals surface area (Å²) in [6.07, 6.45) is 6.07. The molecule has 0 fully saturated rings. The first kappa shape index (κ1) is 13.1. The number of rotatable bonds is 4. The van der Waals surface area contributed by atoms with E-state index in [9.17, 15) is 4.79 Å². The fourth-order valence-electron chi connectivity index (χ4n) is 1.22. The number of hydrogen-bond donors (Lipinski definition) is 0. The van der Waals surface area contributed by atoms with Crippen molar-refractivity contribution < 1.29 is 13.6 Å². The number of carbonyl (C=O) groups is 1. The number of furan rings is 2. The van der Waals surface area contributed by atoms with Gasteiger partial charge in [-0.2, -0.15) is 0 Å². The molecule has 0 radical (unpaired) electrons. The van der Waals surface area contributed by atoms with Crippen LogP contribution in [0.25, 0.3) is 12.2 Å². The molecular weight excluding hydrogens is 364 g/mol.